The van der Waals surface area contributed by atoms with Crippen molar-refractivity contribution in [3.8, 4) is 0 Å². The van der Waals surface area contributed by atoms with Crippen molar-refractivity contribution in [2.75, 3.05) is 7.05 Å². The van der Waals surface area contributed by atoms with Gasteiger partial charge in [0.15, 0.2) is 0 Å². The summed E-state index contributed by atoms with van der Waals surface area (Å²) in [6.07, 6.45) is 4.83. The maximum absolute atomic E-state index is 11.5. The molecule has 0 bridgehead atoms. The van der Waals surface area contributed by atoms with Crippen molar-refractivity contribution in [2.24, 2.45) is 0 Å². The number of nitrogens with one attached hydrogen (secondary N) is 2. The Bertz CT molecular complexity index is 825. The third kappa shape index (κ3) is 2.73. The predicted molar refractivity (Wildman–Crippen MR) is 80.9 cm³/mol. The lowest BCUT2D eigenvalue weighted by Crippen LogP contribution is -2.20. The second kappa shape index (κ2) is 5.64. The third-order valence-electron chi connectivity index (χ3n) is 3.06. The van der Waals surface area contributed by atoms with Crippen molar-refractivity contribution in [1.29, 1.82) is 0 Å². The number of nitrogens with zero attached hydrogens (tertiary/aromatic N) is 1. The van der Waals surface area contributed by atoms with Crippen molar-refractivity contribution in [3.63, 3.8) is 0 Å². The van der Waals surface area contributed by atoms with Crippen LogP contribution in [0.1, 0.15) is 11.3 Å². The topological polar surface area (TPSA) is 101 Å². The number of hydrogen-bond acceptors (Lipinski definition) is 6. The highest BCUT2D eigenvalue weighted by Gasteiger charge is 2.25. The maximum atomic E-state index is 11.5. The number of carbonyl (C=O) groups excluding carboxylic acids is 3. The van der Waals surface area contributed by atoms with Gasteiger partial charge in [0.05, 0.1) is 11.3 Å². The van der Waals surface area contributed by atoms with Gasteiger partial charge in [0.25, 0.3) is 11.1 Å². The Morgan fingerprint density at radius 1 is 1.45 bits per heavy atom. The molecule has 2 aromatic heterocycles. The molecular formula is C14H11N3O4S. The first-order valence-electron chi connectivity index (χ1n) is 6.38. The zero-order chi connectivity index (χ0) is 15.7. The SMILES string of the molecule is CNC(=O)Cc1cncc2cc(/C=C3\SC(=O)NC3=O)oc12. The summed E-state index contributed by atoms with van der Waals surface area (Å²) in [5.41, 5.74) is 1.20. The van der Waals surface area contributed by atoms with Crippen LogP contribution in [0, 0.1) is 0 Å². The zero-order valence-electron chi connectivity index (χ0n) is 11.5. The van der Waals surface area contributed by atoms with E-state index < -0.39 is 11.1 Å². The second-order valence-electron chi connectivity index (χ2n) is 4.57. The minimum absolute atomic E-state index is 0.151. The number of thioether (sulfide) groups is 1. The van der Waals surface area contributed by atoms with Gasteiger partial charge in [-0.1, -0.05) is 0 Å². The number of carbonyl (C=O) groups is 3. The molecule has 2 N–H and O–H groups in total. The number of pyridine rings is 1. The van der Waals surface area contributed by atoms with E-state index in [1.165, 1.54) is 6.08 Å². The number of rotatable bonds is 3. The van der Waals surface area contributed by atoms with Gasteiger partial charge in [-0.2, -0.15) is 0 Å². The number of amides is 3. The van der Waals surface area contributed by atoms with Gasteiger partial charge >= 0.3 is 0 Å². The summed E-state index contributed by atoms with van der Waals surface area (Å²) >= 11 is 0.819. The summed E-state index contributed by atoms with van der Waals surface area (Å²) in [6.45, 7) is 0. The number of aromatic nitrogens is 1. The summed E-state index contributed by atoms with van der Waals surface area (Å²) < 4.78 is 5.69. The third-order valence-corrected chi connectivity index (χ3v) is 3.87. The van der Waals surface area contributed by atoms with Crippen LogP contribution in [-0.4, -0.2) is 29.1 Å². The number of hydrogen-bond donors (Lipinski definition) is 2. The molecular weight excluding hydrogens is 306 g/mol. The van der Waals surface area contributed by atoms with Gasteiger partial charge in [-0.25, -0.2) is 0 Å². The van der Waals surface area contributed by atoms with Gasteiger partial charge < -0.3 is 9.73 Å². The average molecular weight is 317 g/mol. The van der Waals surface area contributed by atoms with Gasteiger partial charge in [-0.15, -0.1) is 0 Å². The summed E-state index contributed by atoms with van der Waals surface area (Å²) in [5.74, 6) is -0.172. The zero-order valence-corrected chi connectivity index (χ0v) is 12.3. The van der Waals surface area contributed by atoms with Gasteiger partial charge in [0.1, 0.15) is 11.3 Å². The van der Waals surface area contributed by atoms with E-state index in [0.717, 1.165) is 17.1 Å². The van der Waals surface area contributed by atoms with Crippen LogP contribution in [0.4, 0.5) is 4.79 Å². The molecule has 1 aliphatic rings. The summed E-state index contributed by atoms with van der Waals surface area (Å²) in [4.78, 5) is 38.5. The van der Waals surface area contributed by atoms with Crippen molar-refractivity contribution in [3.05, 3.63) is 34.7 Å². The van der Waals surface area contributed by atoms with Crippen LogP contribution in [-0.2, 0) is 16.0 Å². The van der Waals surface area contributed by atoms with Gasteiger partial charge in [-0.05, 0) is 17.8 Å². The van der Waals surface area contributed by atoms with Crippen LogP contribution in [0.25, 0.3) is 17.0 Å². The molecule has 0 atom stereocenters. The number of likely N-dealkylation sites (N-methyl/N-ethyl adjacent to an activating group) is 1. The molecule has 8 heteroatoms. The number of imide groups is 1. The van der Waals surface area contributed by atoms with Gasteiger partial charge in [-0.3, -0.25) is 24.7 Å². The monoisotopic (exact) mass is 317 g/mol. The van der Waals surface area contributed by atoms with Crippen molar-refractivity contribution in [2.45, 2.75) is 6.42 Å². The van der Waals surface area contributed by atoms with E-state index in [1.54, 1.807) is 25.5 Å². The van der Waals surface area contributed by atoms with E-state index in [0.29, 0.717) is 16.9 Å². The number of fused-ring (bicyclic) bond motifs is 1. The molecule has 3 heterocycles. The molecule has 0 unspecified atom stereocenters. The van der Waals surface area contributed by atoms with E-state index in [-0.39, 0.29) is 17.2 Å². The molecule has 2 aromatic rings. The van der Waals surface area contributed by atoms with Crippen molar-refractivity contribution >= 4 is 45.9 Å². The average Bonchev–Trinajstić information content (AvgIpc) is 3.02. The maximum Gasteiger partial charge on any atom is 0.290 e. The summed E-state index contributed by atoms with van der Waals surface area (Å²) in [7, 11) is 1.56. The van der Waals surface area contributed by atoms with E-state index >= 15 is 0 Å². The molecule has 0 aliphatic carbocycles. The molecule has 0 aromatic carbocycles. The highest BCUT2D eigenvalue weighted by Crippen LogP contribution is 2.29. The first kappa shape index (κ1) is 14.3. The standard InChI is InChI=1S/C14H11N3O4S/c1-15-11(18)3-8-6-16-5-7-2-9(21-12(7)8)4-10-13(19)17-14(20)22-10/h2,4-6H,3H2,1H3,(H,15,18)(H,17,19,20)/b10-4-. The molecule has 7 nitrogen and oxygen atoms in total. The molecule has 0 saturated carbocycles. The van der Waals surface area contributed by atoms with Crippen LogP contribution in [0.15, 0.2) is 27.8 Å². The van der Waals surface area contributed by atoms with Crippen LogP contribution in [0.2, 0.25) is 0 Å². The molecule has 3 rings (SSSR count). The Kier molecular flexibility index (Phi) is 3.68. The van der Waals surface area contributed by atoms with E-state index in [1.807, 2.05) is 0 Å². The van der Waals surface area contributed by atoms with Gasteiger partial charge in [0.2, 0.25) is 5.91 Å². The van der Waals surface area contributed by atoms with Gasteiger partial charge in [0, 0.05) is 36.5 Å². The molecule has 3 amide bonds. The second-order valence-corrected chi connectivity index (χ2v) is 5.58. The number of furan rings is 1. The van der Waals surface area contributed by atoms with Crippen LogP contribution in [0.5, 0.6) is 0 Å². The summed E-state index contributed by atoms with van der Waals surface area (Å²) in [6, 6.07) is 1.71. The normalized spacial score (nSPS) is 16.3. The summed E-state index contributed by atoms with van der Waals surface area (Å²) in [5, 5.41) is 5.03. The fourth-order valence-electron chi connectivity index (χ4n) is 2.05. The quantitative estimate of drug-likeness (QED) is 0.831. The fourth-order valence-corrected chi connectivity index (χ4v) is 2.71. The lowest BCUT2D eigenvalue weighted by Gasteiger charge is -2.00. The van der Waals surface area contributed by atoms with Crippen molar-refractivity contribution in [1.82, 2.24) is 15.6 Å². The highest BCUT2D eigenvalue weighted by molar-refractivity contribution is 8.18. The van der Waals surface area contributed by atoms with Crippen molar-refractivity contribution < 1.29 is 18.8 Å². The van der Waals surface area contributed by atoms with Crippen LogP contribution in [0.3, 0.4) is 0 Å². The first-order chi connectivity index (χ1) is 10.6. The molecule has 1 saturated heterocycles. The van der Waals surface area contributed by atoms with E-state index in [2.05, 4.69) is 15.6 Å². The Labute approximate surface area is 129 Å². The smallest absolute Gasteiger partial charge is 0.290 e. The molecule has 0 radical (unpaired) electrons. The molecule has 1 fully saturated rings. The molecule has 22 heavy (non-hydrogen) atoms. The largest absolute Gasteiger partial charge is 0.456 e. The Morgan fingerprint density at radius 2 is 2.27 bits per heavy atom. The Balaban J connectivity index is 1.98. The van der Waals surface area contributed by atoms with Crippen LogP contribution >= 0.6 is 11.8 Å². The molecule has 1 aliphatic heterocycles. The van der Waals surface area contributed by atoms with Crippen LogP contribution < -0.4 is 10.6 Å². The molecule has 0 spiro atoms. The fraction of sp³-hybridized carbons (Fsp3) is 0.143. The molecule has 112 valence electrons. The minimum atomic E-state index is -0.445. The minimum Gasteiger partial charge on any atom is -0.456 e. The lowest BCUT2D eigenvalue weighted by atomic mass is 10.1. The van der Waals surface area contributed by atoms with E-state index in [9.17, 15) is 14.4 Å². The lowest BCUT2D eigenvalue weighted by molar-refractivity contribution is -0.120. The Hall–Kier alpha value is -2.61. The Morgan fingerprint density at radius 3 is 2.95 bits per heavy atom. The predicted octanol–water partition coefficient (Wildman–Crippen LogP) is 1.44. The van der Waals surface area contributed by atoms with E-state index in [4.69, 9.17) is 4.42 Å². The first-order valence-corrected chi connectivity index (χ1v) is 7.20. The highest BCUT2D eigenvalue weighted by atomic mass is 32.2.